The highest BCUT2D eigenvalue weighted by molar-refractivity contribution is 4.94. The van der Waals surface area contributed by atoms with Gasteiger partial charge in [-0.1, -0.05) is 181 Å². The highest BCUT2D eigenvalue weighted by atomic mass is 16.7. The molecule has 13 heteroatoms. The molecule has 0 aromatic carbocycles. The molecule has 0 radical (unpaired) electrons. The van der Waals surface area contributed by atoms with Gasteiger partial charge in [0.1, 0.15) is 54.9 Å². The summed E-state index contributed by atoms with van der Waals surface area (Å²) < 4.78 is 35.2. The van der Waals surface area contributed by atoms with Crippen molar-refractivity contribution in [2.75, 3.05) is 39.6 Å². The van der Waals surface area contributed by atoms with Crippen molar-refractivity contribution in [2.24, 2.45) is 0 Å². The molecule has 0 aromatic heterocycles. The largest absolute Gasteiger partial charge is 0.394 e. The summed E-state index contributed by atoms with van der Waals surface area (Å²) in [6.45, 7) is 4.71. The molecule has 2 saturated heterocycles. The Labute approximate surface area is 364 Å². The van der Waals surface area contributed by atoms with E-state index in [1.807, 2.05) is 0 Å². The molecule has 0 aliphatic carbocycles. The summed E-state index contributed by atoms with van der Waals surface area (Å²) in [7, 11) is 0. The van der Waals surface area contributed by atoms with Crippen LogP contribution in [0.15, 0.2) is 0 Å². The summed E-state index contributed by atoms with van der Waals surface area (Å²) >= 11 is 0. The number of hydrogen-bond donors (Lipinski definition) is 7. The third-order valence-electron chi connectivity index (χ3n) is 12.2. The Morgan fingerprint density at radius 3 is 1.13 bits per heavy atom. The van der Waals surface area contributed by atoms with E-state index in [0.29, 0.717) is 13.2 Å². The normalized spacial score (nSPS) is 27.3. The van der Waals surface area contributed by atoms with Crippen LogP contribution in [0.5, 0.6) is 0 Å². The van der Waals surface area contributed by atoms with E-state index in [0.717, 1.165) is 25.7 Å². The molecule has 2 aliphatic rings. The smallest absolute Gasteiger partial charge is 0.187 e. The molecule has 0 saturated carbocycles. The predicted octanol–water partition coefficient (Wildman–Crippen LogP) is 6.99. The minimum absolute atomic E-state index is 0.189. The Kier molecular flexibility index (Phi) is 34.1. The van der Waals surface area contributed by atoms with Gasteiger partial charge in [0.25, 0.3) is 0 Å². The first-order chi connectivity index (χ1) is 29.3. The fraction of sp³-hybridized carbons (Fsp3) is 1.00. The van der Waals surface area contributed by atoms with Gasteiger partial charge in [-0.2, -0.15) is 0 Å². The van der Waals surface area contributed by atoms with E-state index in [1.165, 1.54) is 154 Å². The summed E-state index contributed by atoms with van der Waals surface area (Å²) in [4.78, 5) is 0. The number of unbranched alkanes of at least 4 members (excludes halogenated alkanes) is 26. The maximum atomic E-state index is 11.1. The lowest BCUT2D eigenvalue weighted by molar-refractivity contribution is -0.364. The zero-order chi connectivity index (χ0) is 43.6. The second kappa shape index (κ2) is 36.8. The summed E-state index contributed by atoms with van der Waals surface area (Å²) in [5.41, 5.74) is 0. The van der Waals surface area contributed by atoms with Crippen LogP contribution in [0.25, 0.3) is 0 Å². The lowest BCUT2D eigenvalue weighted by Crippen LogP contribution is -2.65. The zero-order valence-electron chi connectivity index (χ0n) is 38.0. The van der Waals surface area contributed by atoms with Gasteiger partial charge in [0.05, 0.1) is 26.4 Å². The van der Waals surface area contributed by atoms with E-state index < -0.39 is 80.7 Å². The first-order valence-corrected chi connectivity index (χ1v) is 24.7. The van der Waals surface area contributed by atoms with Gasteiger partial charge in [-0.15, -0.1) is 0 Å². The Balaban J connectivity index is 1.76. The van der Waals surface area contributed by atoms with Crippen molar-refractivity contribution < 1.29 is 64.2 Å². The second-order valence-corrected chi connectivity index (χ2v) is 17.6. The van der Waals surface area contributed by atoms with Gasteiger partial charge in [0.15, 0.2) is 12.6 Å². The molecule has 358 valence electrons. The molecule has 0 amide bonds. The van der Waals surface area contributed by atoms with Crippen molar-refractivity contribution in [2.45, 2.75) is 261 Å². The lowest BCUT2D eigenvalue weighted by atomic mass is 9.97. The van der Waals surface area contributed by atoms with Gasteiger partial charge < -0.3 is 64.2 Å². The minimum atomic E-state index is -1.74. The zero-order valence-corrected chi connectivity index (χ0v) is 38.0. The number of rotatable bonds is 40. The Bertz CT molecular complexity index is 909. The third kappa shape index (κ3) is 24.0. The molecule has 13 nitrogen and oxygen atoms in total. The molecule has 2 rings (SSSR count). The molecule has 2 aliphatic heterocycles. The average molecular weight is 865 g/mol. The molecule has 2 fully saturated rings. The minimum Gasteiger partial charge on any atom is -0.394 e. The van der Waals surface area contributed by atoms with Crippen LogP contribution in [0, 0.1) is 0 Å². The van der Waals surface area contributed by atoms with Crippen LogP contribution in [-0.4, -0.2) is 143 Å². The fourth-order valence-electron chi connectivity index (χ4n) is 8.21. The van der Waals surface area contributed by atoms with E-state index in [1.54, 1.807) is 0 Å². The number of aliphatic hydroxyl groups is 7. The Morgan fingerprint density at radius 1 is 0.400 bits per heavy atom. The van der Waals surface area contributed by atoms with Crippen LogP contribution in [0.2, 0.25) is 0 Å². The Hall–Kier alpha value is -0.520. The van der Waals surface area contributed by atoms with E-state index in [-0.39, 0.29) is 13.2 Å². The molecule has 0 unspecified atom stereocenters. The second-order valence-electron chi connectivity index (χ2n) is 17.6. The monoisotopic (exact) mass is 865 g/mol. The molecule has 2 heterocycles. The molecule has 10 atom stereocenters. The van der Waals surface area contributed by atoms with Gasteiger partial charge in [-0.3, -0.25) is 0 Å². The molecular formula is C47H92O13. The van der Waals surface area contributed by atoms with Crippen LogP contribution in [0.3, 0.4) is 0 Å². The summed E-state index contributed by atoms with van der Waals surface area (Å²) in [5.74, 6) is 0. The first-order valence-electron chi connectivity index (χ1n) is 24.7. The van der Waals surface area contributed by atoms with Crippen LogP contribution >= 0.6 is 0 Å². The molecule has 60 heavy (non-hydrogen) atoms. The van der Waals surface area contributed by atoms with Crippen molar-refractivity contribution in [3.8, 4) is 0 Å². The predicted molar refractivity (Wildman–Crippen MR) is 234 cm³/mol. The fourth-order valence-corrected chi connectivity index (χ4v) is 8.21. The van der Waals surface area contributed by atoms with Crippen LogP contribution in [-0.2, 0) is 28.4 Å². The maximum Gasteiger partial charge on any atom is 0.187 e. The van der Waals surface area contributed by atoms with Gasteiger partial charge >= 0.3 is 0 Å². The van der Waals surface area contributed by atoms with Crippen molar-refractivity contribution >= 4 is 0 Å². The molecular weight excluding hydrogens is 773 g/mol. The molecule has 0 aromatic rings. The topological polar surface area (TPSA) is 197 Å². The van der Waals surface area contributed by atoms with Crippen LogP contribution in [0.4, 0.5) is 0 Å². The lowest BCUT2D eigenvalue weighted by Gasteiger charge is -2.46. The highest BCUT2D eigenvalue weighted by Crippen LogP contribution is 2.30. The SMILES string of the molecule is CCCCCCCCCCCCCCCCOCC(COCCCCCCCCCCCCCCCC)O[C@@H]1O[C@H](CO)[C@@H](O[C@H]2O[C@H](CO)[C@@H](O)[C@H](O)[C@H]2O)[C@H](O)[C@H]1O. The maximum absolute atomic E-state index is 11.1. The van der Waals surface area contributed by atoms with Crippen LogP contribution in [0.1, 0.15) is 194 Å². The van der Waals surface area contributed by atoms with Crippen LogP contribution < -0.4 is 0 Å². The number of ether oxygens (including phenoxy) is 6. The quantitative estimate of drug-likeness (QED) is 0.0312. The van der Waals surface area contributed by atoms with Gasteiger partial charge in [-0.25, -0.2) is 0 Å². The summed E-state index contributed by atoms with van der Waals surface area (Å²) in [5, 5.41) is 72.8. The summed E-state index contributed by atoms with van der Waals surface area (Å²) in [6, 6.07) is 0. The molecule has 7 N–H and O–H groups in total. The molecule has 0 spiro atoms. The molecule has 0 bridgehead atoms. The van der Waals surface area contributed by atoms with Crippen molar-refractivity contribution in [1.82, 2.24) is 0 Å². The van der Waals surface area contributed by atoms with Gasteiger partial charge in [0.2, 0.25) is 0 Å². The van der Waals surface area contributed by atoms with Gasteiger partial charge in [-0.05, 0) is 12.8 Å². The van der Waals surface area contributed by atoms with E-state index >= 15 is 0 Å². The number of aliphatic hydroxyl groups excluding tert-OH is 7. The third-order valence-corrected chi connectivity index (χ3v) is 12.2. The van der Waals surface area contributed by atoms with E-state index in [2.05, 4.69) is 13.8 Å². The highest BCUT2D eigenvalue weighted by Gasteiger charge is 2.51. The van der Waals surface area contributed by atoms with Crippen molar-refractivity contribution in [3.63, 3.8) is 0 Å². The average Bonchev–Trinajstić information content (AvgIpc) is 3.25. The summed E-state index contributed by atoms with van der Waals surface area (Å²) in [6.07, 6.45) is 20.0. The van der Waals surface area contributed by atoms with E-state index in [4.69, 9.17) is 28.4 Å². The Morgan fingerprint density at radius 2 is 0.750 bits per heavy atom. The first kappa shape index (κ1) is 55.6. The number of hydrogen-bond acceptors (Lipinski definition) is 13. The standard InChI is InChI=1S/C47H92O13/c1-3-5-7-9-11-13-15-17-19-21-23-25-27-29-31-55-35-37(36-56-32-30-28-26-24-22-20-18-16-14-12-10-8-6-4-2)57-46-44(54)42(52)45(39(34-49)59-46)60-47-43(53)41(51)40(50)38(33-48)58-47/h37-54H,3-36H2,1-2H3/t38-,39-,40-,41+,42-,43-,44-,45-,46-,47-/m1/s1. The van der Waals surface area contributed by atoms with Crippen molar-refractivity contribution in [3.05, 3.63) is 0 Å². The van der Waals surface area contributed by atoms with E-state index in [9.17, 15) is 35.7 Å². The van der Waals surface area contributed by atoms with Gasteiger partial charge in [0, 0.05) is 13.2 Å². The van der Waals surface area contributed by atoms with Crippen molar-refractivity contribution in [1.29, 1.82) is 0 Å².